The number of hydrogen-bond donors (Lipinski definition) is 0. The van der Waals surface area contributed by atoms with Crippen LogP contribution in [0.25, 0.3) is 0 Å². The average molecular weight is 351 g/mol. The molecule has 1 unspecified atom stereocenters. The number of carbonyl (C=O) groups is 2. The van der Waals surface area contributed by atoms with E-state index in [4.69, 9.17) is 4.74 Å². The fraction of sp³-hybridized carbons (Fsp3) is 0.706. The predicted molar refractivity (Wildman–Crippen MR) is 91.6 cm³/mol. The molecule has 1 aromatic heterocycles. The fourth-order valence-corrected chi connectivity index (χ4v) is 4.04. The number of aryl methyl sites for hydroxylation is 1. The van der Waals surface area contributed by atoms with E-state index in [9.17, 15) is 9.59 Å². The molecule has 2 fully saturated rings. The van der Waals surface area contributed by atoms with Gasteiger partial charge in [0.25, 0.3) is 5.91 Å². The van der Waals surface area contributed by atoms with E-state index in [2.05, 4.69) is 4.98 Å². The zero-order valence-electron chi connectivity index (χ0n) is 14.4. The van der Waals surface area contributed by atoms with Crippen LogP contribution in [-0.4, -0.2) is 59.4 Å². The SMILES string of the molecule is Cc1nc(CN(C)C(=O)C2CCN(C(=O)C3CCCO3)CC2)cs1. The Morgan fingerprint density at radius 2 is 2.12 bits per heavy atom. The van der Waals surface area contributed by atoms with E-state index >= 15 is 0 Å². The third kappa shape index (κ3) is 3.95. The molecule has 0 radical (unpaired) electrons. The number of hydrogen-bond acceptors (Lipinski definition) is 5. The Morgan fingerprint density at radius 3 is 2.71 bits per heavy atom. The summed E-state index contributed by atoms with van der Waals surface area (Å²) in [5, 5.41) is 3.02. The van der Waals surface area contributed by atoms with Crippen LogP contribution in [0.4, 0.5) is 0 Å². The number of likely N-dealkylation sites (tertiary alicyclic amines) is 1. The fourth-order valence-electron chi connectivity index (χ4n) is 3.44. The average Bonchev–Trinajstić information content (AvgIpc) is 3.25. The Kier molecular flexibility index (Phi) is 5.50. The van der Waals surface area contributed by atoms with Gasteiger partial charge in [-0.3, -0.25) is 9.59 Å². The molecule has 3 heterocycles. The molecule has 1 aromatic rings. The molecule has 2 amide bonds. The zero-order chi connectivity index (χ0) is 17.1. The second kappa shape index (κ2) is 7.61. The first-order valence-corrected chi connectivity index (χ1v) is 9.49. The largest absolute Gasteiger partial charge is 0.368 e. The van der Waals surface area contributed by atoms with Crippen LogP contribution in [0.1, 0.15) is 36.4 Å². The molecular formula is C17H25N3O3S. The molecule has 7 heteroatoms. The van der Waals surface area contributed by atoms with Gasteiger partial charge in [0.05, 0.1) is 17.2 Å². The summed E-state index contributed by atoms with van der Waals surface area (Å²) in [4.78, 5) is 33.0. The normalized spacial score (nSPS) is 21.9. The number of amides is 2. The van der Waals surface area contributed by atoms with Crippen molar-refractivity contribution in [3.8, 4) is 0 Å². The molecule has 3 rings (SSSR count). The second-order valence-electron chi connectivity index (χ2n) is 6.65. The number of nitrogens with zero attached hydrogens (tertiary/aromatic N) is 3. The monoisotopic (exact) mass is 351 g/mol. The van der Waals surface area contributed by atoms with E-state index in [-0.39, 0.29) is 23.8 Å². The Labute approximate surface area is 146 Å². The van der Waals surface area contributed by atoms with Gasteiger partial charge in [-0.15, -0.1) is 11.3 Å². The minimum atomic E-state index is -0.257. The molecular weight excluding hydrogens is 326 g/mol. The highest BCUT2D eigenvalue weighted by molar-refractivity contribution is 7.09. The lowest BCUT2D eigenvalue weighted by Crippen LogP contribution is -2.46. The smallest absolute Gasteiger partial charge is 0.251 e. The first-order valence-electron chi connectivity index (χ1n) is 8.61. The molecule has 0 aliphatic carbocycles. The first kappa shape index (κ1) is 17.4. The van der Waals surface area contributed by atoms with Gasteiger partial charge in [-0.2, -0.15) is 0 Å². The van der Waals surface area contributed by atoms with Crippen LogP contribution in [0.5, 0.6) is 0 Å². The maximum absolute atomic E-state index is 12.6. The number of rotatable bonds is 4. The molecule has 1 atom stereocenters. The summed E-state index contributed by atoms with van der Waals surface area (Å²) in [6.07, 6.45) is 3.00. The van der Waals surface area contributed by atoms with E-state index < -0.39 is 0 Å². The van der Waals surface area contributed by atoms with Crippen molar-refractivity contribution >= 4 is 23.2 Å². The van der Waals surface area contributed by atoms with Crippen LogP contribution in [-0.2, 0) is 20.9 Å². The molecule has 2 aliphatic heterocycles. The number of carbonyl (C=O) groups excluding carboxylic acids is 2. The molecule has 24 heavy (non-hydrogen) atoms. The minimum Gasteiger partial charge on any atom is -0.368 e. The third-order valence-electron chi connectivity index (χ3n) is 4.80. The molecule has 0 aromatic carbocycles. The zero-order valence-corrected chi connectivity index (χ0v) is 15.2. The summed E-state index contributed by atoms with van der Waals surface area (Å²) in [6, 6.07) is 0. The van der Waals surface area contributed by atoms with Crippen molar-refractivity contribution in [3.05, 3.63) is 16.1 Å². The molecule has 2 aliphatic rings. The van der Waals surface area contributed by atoms with E-state index in [1.165, 1.54) is 0 Å². The van der Waals surface area contributed by atoms with Crippen molar-refractivity contribution < 1.29 is 14.3 Å². The lowest BCUT2D eigenvalue weighted by molar-refractivity contribution is -0.145. The van der Waals surface area contributed by atoms with Crippen molar-refractivity contribution in [1.29, 1.82) is 0 Å². The second-order valence-corrected chi connectivity index (χ2v) is 7.72. The summed E-state index contributed by atoms with van der Waals surface area (Å²) in [7, 11) is 1.83. The van der Waals surface area contributed by atoms with Gasteiger partial charge in [-0.05, 0) is 32.6 Å². The van der Waals surface area contributed by atoms with Gasteiger partial charge in [0.2, 0.25) is 5.91 Å². The van der Waals surface area contributed by atoms with E-state index in [1.54, 1.807) is 16.2 Å². The highest BCUT2D eigenvalue weighted by Crippen LogP contribution is 2.23. The molecule has 0 spiro atoms. The van der Waals surface area contributed by atoms with Gasteiger partial charge in [0.1, 0.15) is 6.10 Å². The highest BCUT2D eigenvalue weighted by atomic mass is 32.1. The highest BCUT2D eigenvalue weighted by Gasteiger charge is 2.33. The number of thiazole rings is 1. The van der Waals surface area contributed by atoms with Crippen LogP contribution in [0, 0.1) is 12.8 Å². The summed E-state index contributed by atoms with van der Waals surface area (Å²) in [5.41, 5.74) is 0.944. The summed E-state index contributed by atoms with van der Waals surface area (Å²) >= 11 is 1.60. The number of ether oxygens (including phenoxy) is 1. The molecule has 2 saturated heterocycles. The van der Waals surface area contributed by atoms with E-state index in [0.717, 1.165) is 36.4 Å². The molecule has 6 nitrogen and oxygen atoms in total. The lowest BCUT2D eigenvalue weighted by Gasteiger charge is -2.34. The van der Waals surface area contributed by atoms with Crippen LogP contribution < -0.4 is 0 Å². The molecule has 132 valence electrons. The van der Waals surface area contributed by atoms with Crippen LogP contribution in [0.15, 0.2) is 5.38 Å². The van der Waals surface area contributed by atoms with Crippen molar-refractivity contribution in [1.82, 2.24) is 14.8 Å². The molecule has 0 bridgehead atoms. The quantitative estimate of drug-likeness (QED) is 0.830. The lowest BCUT2D eigenvalue weighted by atomic mass is 9.95. The molecule has 0 saturated carbocycles. The van der Waals surface area contributed by atoms with E-state index in [0.29, 0.717) is 26.2 Å². The van der Waals surface area contributed by atoms with Gasteiger partial charge in [0.15, 0.2) is 0 Å². The van der Waals surface area contributed by atoms with Gasteiger partial charge >= 0.3 is 0 Å². The van der Waals surface area contributed by atoms with E-state index in [1.807, 2.05) is 24.3 Å². The Hall–Kier alpha value is -1.47. The van der Waals surface area contributed by atoms with Crippen LogP contribution in [0.3, 0.4) is 0 Å². The number of piperidine rings is 1. The Morgan fingerprint density at radius 1 is 1.38 bits per heavy atom. The molecule has 0 N–H and O–H groups in total. The Balaban J connectivity index is 1.48. The van der Waals surface area contributed by atoms with Crippen LogP contribution >= 0.6 is 11.3 Å². The van der Waals surface area contributed by atoms with Crippen LogP contribution in [0.2, 0.25) is 0 Å². The van der Waals surface area contributed by atoms with Crippen molar-refractivity contribution in [3.63, 3.8) is 0 Å². The predicted octanol–water partition coefficient (Wildman–Crippen LogP) is 1.83. The maximum atomic E-state index is 12.6. The van der Waals surface area contributed by atoms with Gasteiger partial charge < -0.3 is 14.5 Å². The van der Waals surface area contributed by atoms with Gasteiger partial charge in [-0.25, -0.2) is 4.98 Å². The summed E-state index contributed by atoms with van der Waals surface area (Å²) < 4.78 is 5.48. The first-order chi connectivity index (χ1) is 11.5. The summed E-state index contributed by atoms with van der Waals surface area (Å²) in [6.45, 7) is 4.51. The minimum absolute atomic E-state index is 0.00304. The van der Waals surface area contributed by atoms with Crippen molar-refractivity contribution in [2.45, 2.75) is 45.3 Å². The maximum Gasteiger partial charge on any atom is 0.251 e. The summed E-state index contributed by atoms with van der Waals surface area (Å²) in [5.74, 6) is 0.262. The van der Waals surface area contributed by atoms with Gasteiger partial charge in [0, 0.05) is 38.0 Å². The number of aromatic nitrogens is 1. The topological polar surface area (TPSA) is 62.7 Å². The third-order valence-corrected chi connectivity index (χ3v) is 5.63. The van der Waals surface area contributed by atoms with Crippen molar-refractivity contribution in [2.24, 2.45) is 5.92 Å². The Bertz CT molecular complexity index is 590. The standard InChI is InChI=1S/C17H25N3O3S/c1-12-18-14(11-24-12)10-19(2)16(21)13-5-7-20(8-6-13)17(22)15-4-3-9-23-15/h11,13,15H,3-10H2,1-2H3. The van der Waals surface area contributed by atoms with Gasteiger partial charge in [-0.1, -0.05) is 0 Å². The van der Waals surface area contributed by atoms with Crippen molar-refractivity contribution in [2.75, 3.05) is 26.7 Å².